The monoisotopic (exact) mass is 171 g/mol. The van der Waals surface area contributed by atoms with Gasteiger partial charge in [0.25, 0.3) is 0 Å². The molecule has 2 rings (SSSR count). The van der Waals surface area contributed by atoms with Crippen LogP contribution in [0.25, 0.3) is 10.1 Å². The molecule has 0 bridgehead atoms. The van der Waals surface area contributed by atoms with Gasteiger partial charge in [-0.05, 0) is 36.6 Å². The molecule has 0 aliphatic carbocycles. The molecule has 0 nitrogen and oxygen atoms in total. The van der Waals surface area contributed by atoms with E-state index in [9.17, 15) is 0 Å². The zero-order chi connectivity index (χ0) is 8.55. The van der Waals surface area contributed by atoms with Crippen LogP contribution in [0.2, 0.25) is 0 Å². The number of benzene rings is 1. The topological polar surface area (TPSA) is 0 Å². The molecule has 0 N–H and O–H groups in total. The van der Waals surface area contributed by atoms with Crippen LogP contribution in [0.1, 0.15) is 10.4 Å². The molecule has 0 aliphatic heterocycles. The van der Waals surface area contributed by atoms with Crippen molar-refractivity contribution in [3.05, 3.63) is 41.6 Å². The van der Waals surface area contributed by atoms with E-state index in [0.717, 1.165) is 10.4 Å². The molecule has 0 amide bonds. The Kier molecular flexibility index (Phi) is 1.64. The van der Waals surface area contributed by atoms with Gasteiger partial charge in [0.1, 0.15) is 0 Å². The molecule has 0 spiro atoms. The third kappa shape index (κ3) is 1.11. The summed E-state index contributed by atoms with van der Waals surface area (Å²) in [7, 11) is 0. The third-order valence-corrected chi connectivity index (χ3v) is 2.71. The molecule has 0 saturated carbocycles. The van der Waals surface area contributed by atoms with Crippen molar-refractivity contribution in [1.29, 1.82) is 0 Å². The van der Waals surface area contributed by atoms with Gasteiger partial charge in [0, 0.05) is 15.1 Å². The zero-order valence-corrected chi connectivity index (χ0v) is 7.32. The van der Waals surface area contributed by atoms with Crippen molar-refractivity contribution in [1.82, 2.24) is 0 Å². The highest BCUT2D eigenvalue weighted by molar-refractivity contribution is 7.19. The molecule has 2 aromatic rings. The van der Waals surface area contributed by atoms with Crippen LogP contribution < -0.4 is 0 Å². The summed E-state index contributed by atoms with van der Waals surface area (Å²) in [6.07, 6.45) is 5.29. The van der Waals surface area contributed by atoms with Crippen molar-refractivity contribution in [2.75, 3.05) is 0 Å². The van der Waals surface area contributed by atoms with E-state index in [-0.39, 0.29) is 0 Å². The van der Waals surface area contributed by atoms with Crippen molar-refractivity contribution in [3.63, 3.8) is 0 Å². The molecule has 1 radical (unpaired) electrons. The van der Waals surface area contributed by atoms with Gasteiger partial charge in [0.2, 0.25) is 0 Å². The Bertz CT molecular complexity index is 457. The van der Waals surface area contributed by atoms with Crippen LogP contribution in [-0.2, 0) is 0 Å². The van der Waals surface area contributed by atoms with Crippen LogP contribution in [0.4, 0.5) is 0 Å². The largest absolute Gasteiger partial charge is 0.140 e. The van der Waals surface area contributed by atoms with Crippen LogP contribution in [0.15, 0.2) is 24.3 Å². The number of terminal acetylenes is 1. The quantitative estimate of drug-likeness (QED) is 0.534. The second kappa shape index (κ2) is 2.66. The molecule has 1 heterocycles. The third-order valence-electron chi connectivity index (χ3n) is 1.73. The Morgan fingerprint density at radius 1 is 1.33 bits per heavy atom. The van der Waals surface area contributed by atoms with Crippen LogP contribution >= 0.6 is 11.3 Å². The maximum Gasteiger partial charge on any atom is 0.0346 e. The van der Waals surface area contributed by atoms with E-state index in [0.29, 0.717) is 0 Å². The van der Waals surface area contributed by atoms with Gasteiger partial charge in [-0.25, -0.2) is 0 Å². The lowest BCUT2D eigenvalue weighted by atomic mass is 10.2. The van der Waals surface area contributed by atoms with Crippen LogP contribution in [0.3, 0.4) is 0 Å². The number of rotatable bonds is 0. The van der Waals surface area contributed by atoms with Crippen molar-refractivity contribution in [2.24, 2.45) is 0 Å². The van der Waals surface area contributed by atoms with Gasteiger partial charge in [0.05, 0.1) is 0 Å². The number of fused-ring (bicyclic) bond motifs is 1. The number of hydrogen-bond donors (Lipinski definition) is 0. The summed E-state index contributed by atoms with van der Waals surface area (Å²) in [6, 6.07) is 8.07. The Hall–Kier alpha value is -1.26. The van der Waals surface area contributed by atoms with Gasteiger partial charge in [-0.1, -0.05) is 5.92 Å². The number of hydrogen-bond acceptors (Lipinski definition) is 1. The second-order valence-electron chi connectivity index (χ2n) is 2.61. The molecule has 0 unspecified atom stereocenters. The van der Waals surface area contributed by atoms with E-state index in [4.69, 9.17) is 6.42 Å². The fourth-order valence-corrected chi connectivity index (χ4v) is 2.03. The van der Waals surface area contributed by atoms with Gasteiger partial charge >= 0.3 is 0 Å². The van der Waals surface area contributed by atoms with E-state index >= 15 is 0 Å². The highest BCUT2D eigenvalue weighted by Gasteiger charge is 1.97. The SMILES string of the molecule is C#Cc1ccc2sc([CH2])cc2c1. The standard InChI is InChI=1S/C11H7S/c1-3-9-4-5-11-10(7-9)6-8(2)12-11/h1,4-7H,2H2. The summed E-state index contributed by atoms with van der Waals surface area (Å²) in [5, 5.41) is 1.19. The lowest BCUT2D eigenvalue weighted by Gasteiger charge is -1.89. The first kappa shape index (κ1) is 7.39. The lowest BCUT2D eigenvalue weighted by Crippen LogP contribution is -1.69. The second-order valence-corrected chi connectivity index (χ2v) is 3.78. The van der Waals surface area contributed by atoms with E-state index in [1.54, 1.807) is 11.3 Å². The Morgan fingerprint density at radius 3 is 2.92 bits per heavy atom. The van der Waals surface area contributed by atoms with Gasteiger partial charge in [-0.15, -0.1) is 17.8 Å². The maximum atomic E-state index is 5.29. The maximum absolute atomic E-state index is 5.29. The number of thiophene rings is 1. The molecular weight excluding hydrogens is 164 g/mol. The van der Waals surface area contributed by atoms with E-state index in [1.807, 2.05) is 18.2 Å². The minimum Gasteiger partial charge on any atom is -0.140 e. The minimum atomic E-state index is 0.931. The molecule has 12 heavy (non-hydrogen) atoms. The molecule has 57 valence electrons. The summed E-state index contributed by atoms with van der Waals surface area (Å²) < 4.78 is 1.25. The summed E-state index contributed by atoms with van der Waals surface area (Å²) >= 11 is 1.69. The van der Waals surface area contributed by atoms with E-state index in [1.165, 1.54) is 10.1 Å². The summed E-state index contributed by atoms with van der Waals surface area (Å²) in [4.78, 5) is 1.08. The van der Waals surface area contributed by atoms with E-state index in [2.05, 4.69) is 18.9 Å². The first-order chi connectivity index (χ1) is 5.79. The molecule has 0 fully saturated rings. The Balaban J connectivity index is 2.77. The molecule has 1 aromatic carbocycles. The lowest BCUT2D eigenvalue weighted by molar-refractivity contribution is 1.75. The zero-order valence-electron chi connectivity index (χ0n) is 6.50. The van der Waals surface area contributed by atoms with E-state index < -0.39 is 0 Å². The molecular formula is C11H7S. The molecule has 0 atom stereocenters. The first-order valence-corrected chi connectivity index (χ1v) is 4.43. The van der Waals surface area contributed by atoms with Crippen LogP contribution in [0, 0.1) is 19.3 Å². The predicted octanol–water partition coefficient (Wildman–Crippen LogP) is 3.06. The van der Waals surface area contributed by atoms with Gasteiger partial charge in [0.15, 0.2) is 0 Å². The minimum absolute atomic E-state index is 0.931. The molecule has 0 saturated heterocycles. The molecule has 1 aromatic heterocycles. The predicted molar refractivity (Wildman–Crippen MR) is 54.2 cm³/mol. The van der Waals surface area contributed by atoms with Gasteiger partial charge < -0.3 is 0 Å². The van der Waals surface area contributed by atoms with Crippen LogP contribution in [-0.4, -0.2) is 0 Å². The Labute approximate surface area is 75.8 Å². The first-order valence-electron chi connectivity index (χ1n) is 3.62. The molecule has 1 heteroatoms. The average Bonchev–Trinajstić information content (AvgIpc) is 2.43. The van der Waals surface area contributed by atoms with Crippen molar-refractivity contribution in [3.8, 4) is 12.3 Å². The fourth-order valence-electron chi connectivity index (χ4n) is 1.19. The van der Waals surface area contributed by atoms with Crippen molar-refractivity contribution >= 4 is 21.4 Å². The fraction of sp³-hybridized carbons (Fsp3) is 0. The summed E-state index contributed by atoms with van der Waals surface area (Å²) in [5.41, 5.74) is 0.931. The summed E-state index contributed by atoms with van der Waals surface area (Å²) in [5.74, 6) is 2.61. The normalized spacial score (nSPS) is 10.0. The van der Waals surface area contributed by atoms with Crippen molar-refractivity contribution in [2.45, 2.75) is 0 Å². The highest BCUT2D eigenvalue weighted by atomic mass is 32.1. The van der Waals surface area contributed by atoms with Crippen molar-refractivity contribution < 1.29 is 0 Å². The molecule has 0 aliphatic rings. The Morgan fingerprint density at radius 2 is 2.17 bits per heavy atom. The van der Waals surface area contributed by atoms with Gasteiger partial charge in [-0.2, -0.15) is 0 Å². The highest BCUT2D eigenvalue weighted by Crippen LogP contribution is 2.25. The van der Waals surface area contributed by atoms with Gasteiger partial charge in [-0.3, -0.25) is 0 Å². The van der Waals surface area contributed by atoms with Crippen LogP contribution in [0.5, 0.6) is 0 Å². The summed E-state index contributed by atoms with van der Waals surface area (Å²) in [6.45, 7) is 3.88. The smallest absolute Gasteiger partial charge is 0.0346 e. The average molecular weight is 171 g/mol.